The highest BCUT2D eigenvalue weighted by Gasteiger charge is 2.35. The fraction of sp³-hybridized carbons (Fsp3) is 0.200. The third kappa shape index (κ3) is 2.54. The van der Waals surface area contributed by atoms with Crippen LogP contribution in [-0.2, 0) is 12.7 Å². The molecule has 17 heavy (non-hydrogen) atoms. The largest absolute Gasteiger partial charge is 0.478 e. The van der Waals surface area contributed by atoms with Crippen LogP contribution in [-0.4, -0.2) is 11.1 Å². The molecule has 0 spiro atoms. The first-order chi connectivity index (χ1) is 7.81. The maximum absolute atomic E-state index is 12.6. The second-order valence-corrected chi connectivity index (χ2v) is 3.18. The molecule has 0 aromatic heterocycles. The van der Waals surface area contributed by atoms with E-state index in [9.17, 15) is 18.0 Å². The van der Waals surface area contributed by atoms with E-state index in [2.05, 4.69) is 0 Å². The molecule has 0 radical (unpaired) electrons. The molecule has 0 amide bonds. The first kappa shape index (κ1) is 13.0. The van der Waals surface area contributed by atoms with Crippen LogP contribution in [0.3, 0.4) is 0 Å². The second-order valence-electron chi connectivity index (χ2n) is 3.18. The number of nitrogens with two attached hydrogens (primary N) is 1. The average Bonchev–Trinajstić information content (AvgIpc) is 2.25. The van der Waals surface area contributed by atoms with E-state index in [0.29, 0.717) is 6.07 Å². The molecule has 0 saturated heterocycles. The number of carboxylic acids is 1. The third-order valence-corrected chi connectivity index (χ3v) is 2.10. The van der Waals surface area contributed by atoms with Gasteiger partial charge in [0.15, 0.2) is 0 Å². The Morgan fingerprint density at radius 3 is 2.41 bits per heavy atom. The van der Waals surface area contributed by atoms with Gasteiger partial charge in [-0.15, -0.1) is 0 Å². The summed E-state index contributed by atoms with van der Waals surface area (Å²) in [5, 5.41) is 17.3. The first-order valence-electron chi connectivity index (χ1n) is 4.38. The van der Waals surface area contributed by atoms with Crippen molar-refractivity contribution in [1.29, 1.82) is 5.26 Å². The van der Waals surface area contributed by atoms with Crippen molar-refractivity contribution in [3.05, 3.63) is 34.4 Å². The van der Waals surface area contributed by atoms with Gasteiger partial charge in [0, 0.05) is 6.54 Å². The molecule has 1 aromatic carbocycles. The normalized spacial score (nSPS) is 11.0. The van der Waals surface area contributed by atoms with E-state index in [-0.39, 0.29) is 12.1 Å². The Morgan fingerprint density at radius 2 is 2.06 bits per heavy atom. The highest BCUT2D eigenvalue weighted by atomic mass is 19.4. The van der Waals surface area contributed by atoms with Gasteiger partial charge in [-0.2, -0.15) is 18.4 Å². The number of nitrogens with zero attached hydrogens (tertiary/aromatic N) is 1. The topological polar surface area (TPSA) is 87.1 Å². The Bertz CT molecular complexity index is 503. The summed E-state index contributed by atoms with van der Waals surface area (Å²) in [4.78, 5) is 10.7. The standard InChI is InChI=1S/C10H7F3N2O2/c11-10(12,13)8-2-5(9(16)17)1-6(3-14)7(8)4-15/h1-2H,3,14H2,(H,16,17). The van der Waals surface area contributed by atoms with E-state index < -0.39 is 28.8 Å². The number of nitriles is 1. The van der Waals surface area contributed by atoms with E-state index in [1.54, 1.807) is 0 Å². The highest BCUT2D eigenvalue weighted by Crippen LogP contribution is 2.34. The third-order valence-electron chi connectivity index (χ3n) is 2.10. The van der Waals surface area contributed by atoms with Gasteiger partial charge in [-0.05, 0) is 17.7 Å². The lowest BCUT2D eigenvalue weighted by molar-refractivity contribution is -0.137. The van der Waals surface area contributed by atoms with Gasteiger partial charge in [-0.25, -0.2) is 4.79 Å². The molecule has 0 atom stereocenters. The van der Waals surface area contributed by atoms with E-state index >= 15 is 0 Å². The second kappa shape index (κ2) is 4.43. The summed E-state index contributed by atoms with van der Waals surface area (Å²) in [5.41, 5.74) is 2.60. The minimum atomic E-state index is -4.79. The Kier molecular flexibility index (Phi) is 3.39. The molecule has 4 nitrogen and oxygen atoms in total. The number of alkyl halides is 3. The number of hydrogen-bond acceptors (Lipinski definition) is 3. The first-order valence-corrected chi connectivity index (χ1v) is 4.38. The molecule has 0 fully saturated rings. The van der Waals surface area contributed by atoms with Crippen LogP contribution in [0.1, 0.15) is 27.0 Å². The molecule has 0 saturated carbocycles. The number of rotatable bonds is 2. The Morgan fingerprint density at radius 1 is 1.47 bits per heavy atom. The zero-order valence-corrected chi connectivity index (χ0v) is 8.38. The van der Waals surface area contributed by atoms with Crippen molar-refractivity contribution in [2.75, 3.05) is 0 Å². The Balaban J connectivity index is 3.61. The SMILES string of the molecule is N#Cc1c(CN)cc(C(=O)O)cc1C(F)(F)F. The smallest absolute Gasteiger partial charge is 0.417 e. The van der Waals surface area contributed by atoms with Crippen molar-refractivity contribution < 1.29 is 23.1 Å². The van der Waals surface area contributed by atoms with Gasteiger partial charge in [0.2, 0.25) is 0 Å². The van der Waals surface area contributed by atoms with Gasteiger partial charge in [0.05, 0.1) is 16.7 Å². The van der Waals surface area contributed by atoms with Crippen molar-refractivity contribution in [3.63, 3.8) is 0 Å². The van der Waals surface area contributed by atoms with Crippen molar-refractivity contribution in [2.45, 2.75) is 12.7 Å². The lowest BCUT2D eigenvalue weighted by atomic mass is 9.98. The minimum Gasteiger partial charge on any atom is -0.478 e. The molecule has 0 bridgehead atoms. The number of hydrogen-bond donors (Lipinski definition) is 2. The van der Waals surface area contributed by atoms with E-state index in [4.69, 9.17) is 16.1 Å². The fourth-order valence-electron chi connectivity index (χ4n) is 1.34. The van der Waals surface area contributed by atoms with Crippen LogP contribution in [0, 0.1) is 11.3 Å². The summed E-state index contributed by atoms with van der Waals surface area (Å²) < 4.78 is 37.8. The van der Waals surface area contributed by atoms with Gasteiger partial charge in [-0.3, -0.25) is 0 Å². The van der Waals surface area contributed by atoms with Crippen LogP contribution in [0.5, 0.6) is 0 Å². The van der Waals surface area contributed by atoms with Crippen molar-refractivity contribution >= 4 is 5.97 Å². The molecule has 0 aliphatic heterocycles. The van der Waals surface area contributed by atoms with Crippen LogP contribution in [0.2, 0.25) is 0 Å². The van der Waals surface area contributed by atoms with E-state index in [1.807, 2.05) is 0 Å². The minimum absolute atomic E-state index is 0.139. The molecule has 3 N–H and O–H groups in total. The molecule has 7 heteroatoms. The zero-order chi connectivity index (χ0) is 13.2. The summed E-state index contributed by atoms with van der Waals surface area (Å²) in [6.45, 7) is -0.340. The van der Waals surface area contributed by atoms with Gasteiger partial charge >= 0.3 is 12.1 Å². The Labute approximate surface area is 94.1 Å². The zero-order valence-electron chi connectivity index (χ0n) is 8.38. The number of carboxylic acid groups (broad SMARTS) is 1. The molecule has 0 heterocycles. The predicted octanol–water partition coefficient (Wildman–Crippen LogP) is 1.73. The summed E-state index contributed by atoms with van der Waals surface area (Å²) in [5.74, 6) is -1.50. The van der Waals surface area contributed by atoms with Gasteiger partial charge in [-0.1, -0.05) is 0 Å². The summed E-state index contributed by atoms with van der Waals surface area (Å²) >= 11 is 0. The molecule has 1 aromatic rings. The molecular formula is C10H7F3N2O2. The van der Waals surface area contributed by atoms with Crippen LogP contribution < -0.4 is 5.73 Å². The van der Waals surface area contributed by atoms with Crippen LogP contribution >= 0.6 is 0 Å². The molecule has 0 aliphatic rings. The van der Waals surface area contributed by atoms with Gasteiger partial charge in [0.1, 0.15) is 6.07 Å². The highest BCUT2D eigenvalue weighted by molar-refractivity contribution is 5.88. The van der Waals surface area contributed by atoms with E-state index in [0.717, 1.165) is 6.07 Å². The quantitative estimate of drug-likeness (QED) is 0.829. The van der Waals surface area contributed by atoms with Crippen LogP contribution in [0.15, 0.2) is 12.1 Å². The van der Waals surface area contributed by atoms with Gasteiger partial charge < -0.3 is 10.8 Å². The number of aromatic carboxylic acids is 1. The lowest BCUT2D eigenvalue weighted by Crippen LogP contribution is -2.14. The van der Waals surface area contributed by atoms with Crippen molar-refractivity contribution in [3.8, 4) is 6.07 Å². The Hall–Kier alpha value is -2.07. The maximum atomic E-state index is 12.6. The molecule has 0 aliphatic carbocycles. The number of carbonyl (C=O) groups is 1. The lowest BCUT2D eigenvalue weighted by Gasteiger charge is -2.12. The predicted molar refractivity (Wildman–Crippen MR) is 51.0 cm³/mol. The summed E-state index contributed by atoms with van der Waals surface area (Å²) in [6, 6.07) is 2.79. The molecule has 0 unspecified atom stereocenters. The number of benzene rings is 1. The molecule has 1 rings (SSSR count). The van der Waals surface area contributed by atoms with Crippen molar-refractivity contribution in [2.24, 2.45) is 5.73 Å². The monoisotopic (exact) mass is 244 g/mol. The number of halogens is 3. The van der Waals surface area contributed by atoms with Gasteiger partial charge in [0.25, 0.3) is 0 Å². The maximum Gasteiger partial charge on any atom is 0.417 e. The summed E-state index contributed by atoms with van der Waals surface area (Å²) in [6.07, 6.45) is -4.79. The van der Waals surface area contributed by atoms with E-state index in [1.165, 1.54) is 6.07 Å². The molecule has 90 valence electrons. The average molecular weight is 244 g/mol. The van der Waals surface area contributed by atoms with Crippen molar-refractivity contribution in [1.82, 2.24) is 0 Å². The van der Waals surface area contributed by atoms with Crippen LogP contribution in [0.4, 0.5) is 13.2 Å². The fourth-order valence-corrected chi connectivity index (χ4v) is 1.34. The molecular weight excluding hydrogens is 237 g/mol. The summed E-state index contributed by atoms with van der Waals surface area (Å²) in [7, 11) is 0. The van der Waals surface area contributed by atoms with Crippen LogP contribution in [0.25, 0.3) is 0 Å².